The molecule has 15 heavy (non-hydrogen) atoms. The first-order chi connectivity index (χ1) is 7.15. The summed E-state index contributed by atoms with van der Waals surface area (Å²) in [6, 6.07) is 2.91. The van der Waals surface area contributed by atoms with E-state index >= 15 is 0 Å². The van der Waals surface area contributed by atoms with E-state index in [9.17, 15) is 14.0 Å². The summed E-state index contributed by atoms with van der Waals surface area (Å²) in [7, 11) is 1.60. The lowest BCUT2D eigenvalue weighted by Gasteiger charge is -2.14. The molecule has 0 saturated heterocycles. The molecule has 0 radical (unpaired) electrons. The monoisotopic (exact) mass is 207 g/mol. The number of likely N-dealkylation sites (N-methyl/N-ethyl adjacent to an activating group) is 1. The van der Waals surface area contributed by atoms with E-state index in [-0.39, 0.29) is 18.7 Å². The fraction of sp³-hybridized carbons (Fsp3) is 0.273. The highest BCUT2D eigenvalue weighted by Crippen LogP contribution is 2.33. The minimum absolute atomic E-state index is 0.00657. The van der Waals surface area contributed by atoms with Crippen LogP contribution in [0.4, 0.5) is 10.1 Å². The molecule has 1 aliphatic heterocycles. The molecule has 0 atom stereocenters. The van der Waals surface area contributed by atoms with Crippen LogP contribution in [0.25, 0.3) is 0 Å². The van der Waals surface area contributed by atoms with Crippen LogP contribution in [0.2, 0.25) is 0 Å². The van der Waals surface area contributed by atoms with Gasteiger partial charge < -0.3 is 9.69 Å². The highest BCUT2D eigenvalue weighted by atomic mass is 19.1. The van der Waals surface area contributed by atoms with Crippen molar-refractivity contribution in [2.75, 3.05) is 11.9 Å². The number of nitrogens with zero attached hydrogens (tertiary/aromatic N) is 1. The highest BCUT2D eigenvalue weighted by molar-refractivity contribution is 6.02. The number of benzene rings is 1. The predicted octanol–water partition coefficient (Wildman–Crippen LogP) is 1.09. The fourth-order valence-corrected chi connectivity index (χ4v) is 1.90. The average Bonchev–Trinajstić information content (AvgIpc) is 2.49. The maximum Gasteiger partial charge on any atom is 0.231 e. The van der Waals surface area contributed by atoms with Crippen molar-refractivity contribution in [2.24, 2.45) is 0 Å². The van der Waals surface area contributed by atoms with Gasteiger partial charge in [0.25, 0.3) is 0 Å². The van der Waals surface area contributed by atoms with Crippen molar-refractivity contribution in [1.82, 2.24) is 0 Å². The Morgan fingerprint density at radius 2 is 2.27 bits per heavy atom. The number of amides is 1. The summed E-state index contributed by atoms with van der Waals surface area (Å²) in [4.78, 5) is 23.3. The second-order valence-electron chi connectivity index (χ2n) is 3.53. The molecule has 2 rings (SSSR count). The van der Waals surface area contributed by atoms with E-state index in [1.54, 1.807) is 13.1 Å². The lowest BCUT2D eigenvalue weighted by Crippen LogP contribution is -2.22. The Bertz CT molecular complexity index is 442. The lowest BCUT2D eigenvalue weighted by atomic mass is 10.0. The van der Waals surface area contributed by atoms with Crippen molar-refractivity contribution in [1.29, 1.82) is 0 Å². The third-order valence-electron chi connectivity index (χ3n) is 2.65. The first kappa shape index (κ1) is 9.83. The van der Waals surface area contributed by atoms with Crippen molar-refractivity contribution in [3.8, 4) is 0 Å². The summed E-state index contributed by atoms with van der Waals surface area (Å²) in [5, 5.41) is 0. The molecule has 1 heterocycles. The van der Waals surface area contributed by atoms with Crippen LogP contribution in [-0.4, -0.2) is 19.2 Å². The van der Waals surface area contributed by atoms with E-state index in [0.29, 0.717) is 17.5 Å². The Kier molecular flexibility index (Phi) is 2.26. The van der Waals surface area contributed by atoms with Crippen LogP contribution >= 0.6 is 0 Å². The number of halogens is 1. The molecule has 0 fully saturated rings. The SMILES string of the molecule is CN1C(=O)Cc2ccc(F)c(CC=O)c21. The van der Waals surface area contributed by atoms with E-state index in [2.05, 4.69) is 0 Å². The summed E-state index contributed by atoms with van der Waals surface area (Å²) in [5.74, 6) is -0.495. The molecule has 0 aromatic heterocycles. The molecule has 1 aliphatic rings. The topological polar surface area (TPSA) is 37.4 Å². The zero-order chi connectivity index (χ0) is 11.0. The molecule has 78 valence electrons. The molecule has 0 spiro atoms. The Labute approximate surface area is 86.5 Å². The van der Waals surface area contributed by atoms with Gasteiger partial charge in [0.1, 0.15) is 12.1 Å². The van der Waals surface area contributed by atoms with Gasteiger partial charge in [0.2, 0.25) is 5.91 Å². The van der Waals surface area contributed by atoms with Crippen LogP contribution in [0, 0.1) is 5.82 Å². The van der Waals surface area contributed by atoms with Gasteiger partial charge in [0, 0.05) is 19.0 Å². The van der Waals surface area contributed by atoms with E-state index in [4.69, 9.17) is 0 Å². The zero-order valence-electron chi connectivity index (χ0n) is 8.29. The number of hydrogen-bond donors (Lipinski definition) is 0. The van der Waals surface area contributed by atoms with Crippen LogP contribution in [0.15, 0.2) is 12.1 Å². The fourth-order valence-electron chi connectivity index (χ4n) is 1.90. The number of hydrogen-bond acceptors (Lipinski definition) is 2. The van der Waals surface area contributed by atoms with Gasteiger partial charge in [-0.15, -0.1) is 0 Å². The number of aldehydes is 1. The van der Waals surface area contributed by atoms with Gasteiger partial charge in [0.15, 0.2) is 0 Å². The van der Waals surface area contributed by atoms with Gasteiger partial charge in [0.05, 0.1) is 12.1 Å². The lowest BCUT2D eigenvalue weighted by molar-refractivity contribution is -0.117. The molecule has 3 nitrogen and oxygen atoms in total. The van der Waals surface area contributed by atoms with Gasteiger partial charge in [-0.05, 0) is 11.6 Å². The molecule has 0 aliphatic carbocycles. The molecule has 1 aromatic rings. The van der Waals surface area contributed by atoms with Gasteiger partial charge in [-0.1, -0.05) is 6.07 Å². The molecule has 1 aromatic carbocycles. The largest absolute Gasteiger partial charge is 0.315 e. The summed E-state index contributed by atoms with van der Waals surface area (Å²) >= 11 is 0. The second kappa shape index (κ2) is 3.46. The number of rotatable bonds is 2. The minimum Gasteiger partial charge on any atom is -0.315 e. The number of fused-ring (bicyclic) bond motifs is 1. The molecule has 4 heteroatoms. The second-order valence-corrected chi connectivity index (χ2v) is 3.53. The first-order valence-corrected chi connectivity index (χ1v) is 4.65. The van der Waals surface area contributed by atoms with Crippen LogP contribution < -0.4 is 4.90 Å². The summed E-state index contributed by atoms with van der Waals surface area (Å²) in [6.07, 6.45) is 0.944. The molecule has 0 bridgehead atoms. The van der Waals surface area contributed by atoms with E-state index in [0.717, 1.165) is 5.56 Å². The van der Waals surface area contributed by atoms with Crippen LogP contribution in [0.3, 0.4) is 0 Å². The summed E-state index contributed by atoms with van der Waals surface area (Å²) in [6.45, 7) is 0. The van der Waals surface area contributed by atoms with Gasteiger partial charge >= 0.3 is 0 Å². The quantitative estimate of drug-likeness (QED) is 0.681. The van der Waals surface area contributed by atoms with Crippen molar-refractivity contribution in [2.45, 2.75) is 12.8 Å². The van der Waals surface area contributed by atoms with Crippen molar-refractivity contribution >= 4 is 17.9 Å². The van der Waals surface area contributed by atoms with Crippen molar-refractivity contribution < 1.29 is 14.0 Å². The van der Waals surface area contributed by atoms with Gasteiger partial charge in [-0.3, -0.25) is 4.79 Å². The van der Waals surface area contributed by atoms with E-state index < -0.39 is 5.82 Å². The smallest absolute Gasteiger partial charge is 0.231 e. The van der Waals surface area contributed by atoms with E-state index in [1.165, 1.54) is 11.0 Å². The van der Waals surface area contributed by atoms with Crippen LogP contribution in [-0.2, 0) is 22.4 Å². The standard InChI is InChI=1S/C11H10FNO2/c1-13-10(15)6-7-2-3-9(12)8(4-5-14)11(7)13/h2-3,5H,4,6H2,1H3. The molecule has 0 saturated carbocycles. The maximum absolute atomic E-state index is 13.4. The Hall–Kier alpha value is -1.71. The molecule has 0 unspecified atom stereocenters. The molecule has 0 N–H and O–H groups in total. The molecular formula is C11H10FNO2. The van der Waals surface area contributed by atoms with Crippen molar-refractivity contribution in [3.05, 3.63) is 29.1 Å². The first-order valence-electron chi connectivity index (χ1n) is 4.65. The van der Waals surface area contributed by atoms with Crippen LogP contribution in [0.1, 0.15) is 11.1 Å². The number of carbonyl (C=O) groups excluding carboxylic acids is 2. The van der Waals surface area contributed by atoms with Gasteiger partial charge in [-0.25, -0.2) is 4.39 Å². The van der Waals surface area contributed by atoms with Crippen LogP contribution in [0.5, 0.6) is 0 Å². The summed E-state index contributed by atoms with van der Waals surface area (Å²) < 4.78 is 13.4. The number of carbonyl (C=O) groups is 2. The Balaban J connectivity index is 2.60. The average molecular weight is 207 g/mol. The Morgan fingerprint density at radius 1 is 1.53 bits per heavy atom. The minimum atomic E-state index is -0.428. The maximum atomic E-state index is 13.4. The highest BCUT2D eigenvalue weighted by Gasteiger charge is 2.27. The normalized spacial score (nSPS) is 14.3. The summed E-state index contributed by atoms with van der Waals surface area (Å²) in [5.41, 5.74) is 1.67. The predicted molar refractivity (Wildman–Crippen MR) is 53.3 cm³/mol. The molecule has 1 amide bonds. The Morgan fingerprint density at radius 3 is 2.93 bits per heavy atom. The third kappa shape index (κ3) is 1.42. The third-order valence-corrected chi connectivity index (χ3v) is 2.65. The number of anilines is 1. The van der Waals surface area contributed by atoms with E-state index in [1.807, 2.05) is 0 Å². The zero-order valence-corrected chi connectivity index (χ0v) is 8.29. The van der Waals surface area contributed by atoms with Crippen molar-refractivity contribution in [3.63, 3.8) is 0 Å². The van der Waals surface area contributed by atoms with Gasteiger partial charge in [-0.2, -0.15) is 0 Å². The molecular weight excluding hydrogens is 197 g/mol.